The number of carbonyl (C=O) groups excluding carboxylic acids is 1. The summed E-state index contributed by atoms with van der Waals surface area (Å²) in [6.07, 6.45) is 6.72. The van der Waals surface area contributed by atoms with Gasteiger partial charge in [0.25, 0.3) is 0 Å². The molecule has 0 aliphatic carbocycles. The van der Waals surface area contributed by atoms with Crippen molar-refractivity contribution in [1.82, 2.24) is 10.2 Å². The first-order valence-corrected chi connectivity index (χ1v) is 13.3. The number of thioether (sulfide) groups is 1. The van der Waals surface area contributed by atoms with Crippen molar-refractivity contribution in [2.45, 2.75) is 75.8 Å². The second-order valence-corrected chi connectivity index (χ2v) is 9.81. The Balaban J connectivity index is 1.98. The smallest absolute Gasteiger partial charge is 0.323 e. The van der Waals surface area contributed by atoms with E-state index in [4.69, 9.17) is 0 Å². The van der Waals surface area contributed by atoms with Gasteiger partial charge in [0.1, 0.15) is 12.6 Å². The Labute approximate surface area is 207 Å². The molecular weight excluding hydrogens is 454 g/mol. The van der Waals surface area contributed by atoms with Crippen LogP contribution in [0, 0.1) is 0 Å². The van der Waals surface area contributed by atoms with E-state index in [1.807, 2.05) is 12.1 Å². The van der Waals surface area contributed by atoms with Crippen LogP contribution in [-0.2, 0) is 14.4 Å². The molecule has 1 aromatic carbocycles. The number of nitrogens with one attached hydrogen (secondary N) is 1. The number of rotatable bonds is 16. The number of fused-ring (bicyclic) bond motifs is 1. The molecule has 190 valence electrons. The van der Waals surface area contributed by atoms with E-state index in [1.165, 1.54) is 29.5 Å². The summed E-state index contributed by atoms with van der Waals surface area (Å²) in [4.78, 5) is 41.1. The lowest BCUT2D eigenvalue weighted by atomic mass is 10.1. The molecule has 1 aromatic rings. The minimum Gasteiger partial charge on any atom is -0.480 e. The first-order chi connectivity index (χ1) is 16.4. The van der Waals surface area contributed by atoms with Gasteiger partial charge in [-0.3, -0.25) is 24.6 Å². The second kappa shape index (κ2) is 15.0. The van der Waals surface area contributed by atoms with Crippen molar-refractivity contribution in [3.05, 3.63) is 24.3 Å². The minimum atomic E-state index is -1.11. The van der Waals surface area contributed by atoms with E-state index in [0.29, 0.717) is 17.9 Å². The Kier molecular flexibility index (Phi) is 12.4. The summed E-state index contributed by atoms with van der Waals surface area (Å²) < 4.78 is 0. The fourth-order valence-electron chi connectivity index (χ4n) is 4.07. The Morgan fingerprint density at radius 2 is 1.74 bits per heavy atom. The zero-order chi connectivity index (χ0) is 24.9. The highest BCUT2D eigenvalue weighted by Crippen LogP contribution is 2.34. The predicted octanol–water partition coefficient (Wildman–Crippen LogP) is 3.69. The van der Waals surface area contributed by atoms with Gasteiger partial charge < -0.3 is 15.1 Å². The minimum absolute atomic E-state index is 0.345. The topological polar surface area (TPSA) is 110 Å². The first kappa shape index (κ1) is 28.1. The molecule has 0 radical (unpaired) electrons. The normalized spacial score (nSPS) is 16.9. The molecule has 0 bridgehead atoms. The monoisotopic (exact) mass is 493 g/mol. The third-order valence-electron chi connectivity index (χ3n) is 5.99. The predicted molar refractivity (Wildman–Crippen MR) is 136 cm³/mol. The summed E-state index contributed by atoms with van der Waals surface area (Å²) >= 11 is 1.44. The quantitative estimate of drug-likeness (QED) is 0.299. The number of unbranched alkanes of at least 4 members (excludes halogenated alkanes) is 3. The van der Waals surface area contributed by atoms with E-state index in [1.54, 1.807) is 12.1 Å². The van der Waals surface area contributed by atoms with Crippen molar-refractivity contribution < 1.29 is 24.6 Å². The fourth-order valence-corrected chi connectivity index (χ4v) is 5.16. The van der Waals surface area contributed by atoms with E-state index >= 15 is 0 Å². The molecule has 0 aromatic heterocycles. The van der Waals surface area contributed by atoms with E-state index in [2.05, 4.69) is 24.1 Å². The van der Waals surface area contributed by atoms with Crippen LogP contribution in [0.25, 0.3) is 0 Å². The molecule has 0 saturated heterocycles. The highest BCUT2D eigenvalue weighted by molar-refractivity contribution is 7.99. The van der Waals surface area contributed by atoms with Crippen molar-refractivity contribution in [2.75, 3.05) is 36.8 Å². The number of hydrogen-bond acceptors (Lipinski definition) is 6. The van der Waals surface area contributed by atoms with Gasteiger partial charge >= 0.3 is 11.9 Å². The molecule has 2 atom stereocenters. The number of carboxylic acid groups (broad SMARTS) is 2. The van der Waals surface area contributed by atoms with Crippen molar-refractivity contribution in [2.24, 2.45) is 0 Å². The standard InChI is InChI=1S/C25H39N3O5S/c1-3-5-14-27(15-6-4-2)16-10-9-11-19(25(32)33)26-20-18-34-22-13-8-7-12-21(22)28(24(20)31)17-23(29)30/h7-8,12-13,19-20,26H,3-6,9-11,14-18H2,1-2H3,(H,29,30)(H,32,33)/t19-,20?/m1/s1. The van der Waals surface area contributed by atoms with Crippen molar-refractivity contribution in [3.8, 4) is 0 Å². The van der Waals surface area contributed by atoms with Crippen molar-refractivity contribution in [1.29, 1.82) is 0 Å². The number of nitrogens with zero attached hydrogens (tertiary/aromatic N) is 2. The van der Waals surface area contributed by atoms with E-state index < -0.39 is 36.5 Å². The molecule has 1 aliphatic heterocycles. The fraction of sp³-hybridized carbons (Fsp3) is 0.640. The molecule has 8 nitrogen and oxygen atoms in total. The van der Waals surface area contributed by atoms with Crippen LogP contribution in [0.4, 0.5) is 5.69 Å². The van der Waals surface area contributed by atoms with Gasteiger partial charge in [-0.25, -0.2) is 0 Å². The number of amides is 1. The highest BCUT2D eigenvalue weighted by atomic mass is 32.2. The van der Waals surface area contributed by atoms with Crippen LogP contribution < -0.4 is 10.2 Å². The molecule has 0 spiro atoms. The van der Waals surface area contributed by atoms with Crippen LogP contribution in [-0.4, -0.2) is 77.0 Å². The summed E-state index contributed by atoms with van der Waals surface area (Å²) in [5.41, 5.74) is 0.551. The second-order valence-electron chi connectivity index (χ2n) is 8.75. The van der Waals surface area contributed by atoms with Gasteiger partial charge in [0.15, 0.2) is 0 Å². The summed E-state index contributed by atoms with van der Waals surface area (Å²) in [5.74, 6) is -2.16. The Morgan fingerprint density at radius 3 is 2.35 bits per heavy atom. The van der Waals surface area contributed by atoms with Gasteiger partial charge in [-0.15, -0.1) is 11.8 Å². The van der Waals surface area contributed by atoms with Crippen LogP contribution in [0.15, 0.2) is 29.2 Å². The van der Waals surface area contributed by atoms with Gasteiger partial charge in [0.2, 0.25) is 5.91 Å². The van der Waals surface area contributed by atoms with Crippen molar-refractivity contribution >= 4 is 35.3 Å². The Morgan fingerprint density at radius 1 is 1.09 bits per heavy atom. The maximum absolute atomic E-state index is 13.2. The van der Waals surface area contributed by atoms with E-state index in [0.717, 1.165) is 50.2 Å². The number of carboxylic acids is 2. The summed E-state index contributed by atoms with van der Waals surface area (Å²) in [5, 5.41) is 22.1. The molecule has 0 fully saturated rings. The Hall–Kier alpha value is -2.10. The zero-order valence-corrected chi connectivity index (χ0v) is 21.2. The number of carbonyl (C=O) groups is 3. The van der Waals surface area contributed by atoms with Crippen molar-refractivity contribution in [3.63, 3.8) is 0 Å². The third-order valence-corrected chi connectivity index (χ3v) is 7.15. The SMILES string of the molecule is CCCCN(CCCC)CCCC[C@@H](NC1CSc2ccccc2N(CC(=O)O)C1=O)C(=O)O. The lowest BCUT2D eigenvalue weighted by Crippen LogP contribution is -2.53. The first-order valence-electron chi connectivity index (χ1n) is 12.3. The van der Waals surface area contributed by atoms with Crippen LogP contribution in [0.2, 0.25) is 0 Å². The molecule has 1 aliphatic rings. The zero-order valence-electron chi connectivity index (χ0n) is 20.4. The largest absolute Gasteiger partial charge is 0.480 e. The van der Waals surface area contributed by atoms with Gasteiger partial charge in [0, 0.05) is 10.6 Å². The average Bonchev–Trinajstić information content (AvgIpc) is 2.93. The van der Waals surface area contributed by atoms with Gasteiger partial charge in [-0.1, -0.05) is 45.2 Å². The molecule has 9 heteroatoms. The molecule has 1 amide bonds. The third kappa shape index (κ3) is 8.92. The summed E-state index contributed by atoms with van der Waals surface area (Å²) in [6, 6.07) is 5.55. The average molecular weight is 494 g/mol. The number of para-hydroxylation sites is 1. The van der Waals surface area contributed by atoms with Crippen LogP contribution in [0.3, 0.4) is 0 Å². The lowest BCUT2D eigenvalue weighted by Gasteiger charge is -2.26. The molecule has 3 N–H and O–H groups in total. The number of anilines is 1. The molecule has 34 heavy (non-hydrogen) atoms. The maximum Gasteiger partial charge on any atom is 0.323 e. The molecule has 1 unspecified atom stereocenters. The summed E-state index contributed by atoms with van der Waals surface area (Å²) in [7, 11) is 0. The number of aliphatic carboxylic acids is 2. The summed E-state index contributed by atoms with van der Waals surface area (Å²) in [6.45, 7) is 7.01. The highest BCUT2D eigenvalue weighted by Gasteiger charge is 2.34. The lowest BCUT2D eigenvalue weighted by molar-refractivity contribution is -0.140. The van der Waals surface area contributed by atoms with Crippen LogP contribution >= 0.6 is 11.8 Å². The van der Waals surface area contributed by atoms with E-state index in [-0.39, 0.29) is 0 Å². The maximum atomic E-state index is 13.2. The molecule has 2 rings (SSSR count). The molecular formula is C25H39N3O5S. The van der Waals surface area contributed by atoms with Crippen LogP contribution in [0.1, 0.15) is 58.8 Å². The Bertz CT molecular complexity index is 799. The van der Waals surface area contributed by atoms with Crippen LogP contribution in [0.5, 0.6) is 0 Å². The number of benzene rings is 1. The van der Waals surface area contributed by atoms with Gasteiger partial charge in [-0.05, 0) is 57.5 Å². The molecule has 0 saturated carbocycles. The van der Waals surface area contributed by atoms with E-state index in [9.17, 15) is 24.6 Å². The van der Waals surface area contributed by atoms with Gasteiger partial charge in [-0.2, -0.15) is 0 Å². The molecule has 1 heterocycles. The number of hydrogen-bond donors (Lipinski definition) is 3. The van der Waals surface area contributed by atoms with Gasteiger partial charge in [0.05, 0.1) is 11.7 Å².